The van der Waals surface area contributed by atoms with E-state index < -0.39 is 6.10 Å². The molecule has 1 atom stereocenters. The number of aromatic nitrogens is 2. The van der Waals surface area contributed by atoms with Crippen molar-refractivity contribution in [2.45, 2.75) is 12.6 Å². The molecule has 2 heterocycles. The predicted molar refractivity (Wildman–Crippen MR) is 75.7 cm³/mol. The monoisotopic (exact) mass is 273 g/mol. The summed E-state index contributed by atoms with van der Waals surface area (Å²) in [5, 5.41) is 14.0. The van der Waals surface area contributed by atoms with E-state index in [1.54, 1.807) is 6.20 Å². The Bertz CT molecular complexity index is 542. The van der Waals surface area contributed by atoms with Crippen molar-refractivity contribution in [2.24, 2.45) is 0 Å². The average molecular weight is 273 g/mol. The number of hydrogen-bond acceptors (Lipinski definition) is 4. The molecule has 1 aromatic carbocycles. The van der Waals surface area contributed by atoms with Crippen LogP contribution in [-0.4, -0.2) is 52.2 Å². The minimum Gasteiger partial charge on any atom is -0.389 e. The highest BCUT2D eigenvalue weighted by atomic mass is 16.5. The van der Waals surface area contributed by atoms with E-state index in [1.807, 2.05) is 29.1 Å². The van der Waals surface area contributed by atoms with Crippen LogP contribution in [0.15, 0.2) is 42.7 Å². The van der Waals surface area contributed by atoms with Gasteiger partial charge in [-0.15, -0.1) is 0 Å². The first-order chi connectivity index (χ1) is 9.81. The highest BCUT2D eigenvalue weighted by molar-refractivity contribution is 5.35. The maximum absolute atomic E-state index is 9.76. The summed E-state index contributed by atoms with van der Waals surface area (Å²) in [4.78, 5) is 2.22. The molecule has 20 heavy (non-hydrogen) atoms. The van der Waals surface area contributed by atoms with Crippen LogP contribution in [-0.2, 0) is 11.3 Å². The summed E-state index contributed by atoms with van der Waals surface area (Å²) >= 11 is 0. The Kier molecular flexibility index (Phi) is 4.11. The Morgan fingerprint density at radius 3 is 3.15 bits per heavy atom. The van der Waals surface area contributed by atoms with E-state index in [9.17, 15) is 5.11 Å². The molecular weight excluding hydrogens is 254 g/mol. The van der Waals surface area contributed by atoms with Gasteiger partial charge in [0.2, 0.25) is 0 Å². The third-order valence-corrected chi connectivity index (χ3v) is 3.42. The van der Waals surface area contributed by atoms with Gasteiger partial charge in [-0.1, -0.05) is 12.1 Å². The Labute approximate surface area is 118 Å². The van der Waals surface area contributed by atoms with Gasteiger partial charge in [0.1, 0.15) is 0 Å². The molecule has 0 amide bonds. The lowest BCUT2D eigenvalue weighted by Crippen LogP contribution is -2.32. The second-order valence-corrected chi connectivity index (χ2v) is 5.08. The van der Waals surface area contributed by atoms with Gasteiger partial charge in [-0.05, 0) is 23.8 Å². The molecule has 0 bridgehead atoms. The van der Waals surface area contributed by atoms with Crippen LogP contribution in [0.1, 0.15) is 5.56 Å². The van der Waals surface area contributed by atoms with Crippen LogP contribution < -0.4 is 0 Å². The smallest absolute Gasteiger partial charge is 0.0900 e. The van der Waals surface area contributed by atoms with Crippen molar-refractivity contribution >= 4 is 0 Å². The summed E-state index contributed by atoms with van der Waals surface area (Å²) < 4.78 is 7.20. The Morgan fingerprint density at radius 1 is 1.35 bits per heavy atom. The van der Waals surface area contributed by atoms with Gasteiger partial charge < -0.3 is 9.84 Å². The van der Waals surface area contributed by atoms with E-state index in [2.05, 4.69) is 22.1 Å². The van der Waals surface area contributed by atoms with E-state index in [0.29, 0.717) is 19.8 Å². The van der Waals surface area contributed by atoms with Crippen molar-refractivity contribution in [3.05, 3.63) is 48.3 Å². The second kappa shape index (κ2) is 6.17. The molecule has 0 unspecified atom stereocenters. The van der Waals surface area contributed by atoms with Gasteiger partial charge in [0.05, 0.1) is 25.0 Å². The topological polar surface area (TPSA) is 50.5 Å². The van der Waals surface area contributed by atoms with E-state index in [4.69, 9.17) is 4.74 Å². The number of aliphatic hydroxyl groups is 1. The van der Waals surface area contributed by atoms with Crippen LogP contribution in [0.4, 0.5) is 0 Å². The highest BCUT2D eigenvalue weighted by Gasteiger charge is 2.16. The fourth-order valence-corrected chi connectivity index (χ4v) is 2.48. The number of nitrogens with zero attached hydrogens (tertiary/aromatic N) is 3. The molecular formula is C15H19N3O2. The lowest BCUT2D eigenvalue weighted by molar-refractivity contribution is 0.0562. The molecule has 1 N–H and O–H groups in total. The van der Waals surface area contributed by atoms with Crippen LogP contribution in [0.25, 0.3) is 5.69 Å². The minimum atomic E-state index is -0.396. The zero-order chi connectivity index (χ0) is 13.8. The summed E-state index contributed by atoms with van der Waals surface area (Å²) in [6.45, 7) is 3.43. The quantitative estimate of drug-likeness (QED) is 0.908. The summed E-state index contributed by atoms with van der Waals surface area (Å²) in [5.74, 6) is 0. The van der Waals surface area contributed by atoms with E-state index >= 15 is 0 Å². The molecule has 2 aromatic rings. The largest absolute Gasteiger partial charge is 0.389 e. The first kappa shape index (κ1) is 13.3. The summed E-state index contributed by atoms with van der Waals surface area (Å²) in [7, 11) is 0. The molecule has 3 rings (SSSR count). The van der Waals surface area contributed by atoms with Gasteiger partial charge in [-0.2, -0.15) is 5.10 Å². The zero-order valence-electron chi connectivity index (χ0n) is 11.4. The predicted octanol–water partition coefficient (Wildman–Crippen LogP) is 1.07. The fraction of sp³-hybridized carbons (Fsp3) is 0.400. The minimum absolute atomic E-state index is 0.396. The number of hydrogen-bond donors (Lipinski definition) is 1. The van der Waals surface area contributed by atoms with Gasteiger partial charge in [0.15, 0.2) is 0 Å². The molecule has 1 fully saturated rings. The molecule has 1 aliphatic heterocycles. The van der Waals surface area contributed by atoms with Crippen molar-refractivity contribution < 1.29 is 9.84 Å². The molecule has 0 aliphatic carbocycles. The van der Waals surface area contributed by atoms with Gasteiger partial charge in [-0.3, -0.25) is 4.90 Å². The number of benzene rings is 1. The number of β-amino-alcohol motifs (C(OH)–C–C–N with tert-alkyl or cyclic N) is 1. The van der Waals surface area contributed by atoms with Gasteiger partial charge in [0.25, 0.3) is 0 Å². The molecule has 5 nitrogen and oxygen atoms in total. The standard InChI is InChI=1S/C15H19N3O2/c19-15-11-17(7-8-20-12-15)10-13-3-1-4-14(9-13)18-6-2-5-16-18/h1-6,9,15,19H,7-8,10-12H2/t15-/m1/s1. The number of aliphatic hydroxyl groups excluding tert-OH is 1. The highest BCUT2D eigenvalue weighted by Crippen LogP contribution is 2.13. The molecule has 1 saturated heterocycles. The first-order valence-electron chi connectivity index (χ1n) is 6.88. The van der Waals surface area contributed by atoms with Crippen LogP contribution >= 0.6 is 0 Å². The van der Waals surface area contributed by atoms with Gasteiger partial charge in [0, 0.05) is 32.0 Å². The summed E-state index contributed by atoms with van der Waals surface area (Å²) in [6, 6.07) is 10.2. The summed E-state index contributed by atoms with van der Waals surface area (Å²) in [6.07, 6.45) is 3.31. The van der Waals surface area contributed by atoms with Crippen molar-refractivity contribution in [2.75, 3.05) is 26.3 Å². The molecule has 0 saturated carbocycles. The van der Waals surface area contributed by atoms with Crippen molar-refractivity contribution in [1.29, 1.82) is 0 Å². The maximum atomic E-state index is 9.76. The van der Waals surface area contributed by atoms with E-state index in [-0.39, 0.29) is 0 Å². The Hall–Kier alpha value is -1.69. The molecule has 5 heteroatoms. The second-order valence-electron chi connectivity index (χ2n) is 5.08. The maximum Gasteiger partial charge on any atom is 0.0900 e. The van der Waals surface area contributed by atoms with Crippen molar-refractivity contribution in [3.8, 4) is 5.69 Å². The van der Waals surface area contributed by atoms with E-state index in [1.165, 1.54) is 5.56 Å². The van der Waals surface area contributed by atoms with Crippen molar-refractivity contribution in [1.82, 2.24) is 14.7 Å². The SMILES string of the molecule is O[C@H]1COCCN(Cc2cccc(-n3cccn3)c2)C1. The average Bonchev–Trinajstić information content (AvgIpc) is 2.91. The first-order valence-corrected chi connectivity index (χ1v) is 6.88. The normalized spacial score (nSPS) is 20.8. The number of rotatable bonds is 3. The molecule has 1 aliphatic rings. The third kappa shape index (κ3) is 3.25. The fourth-order valence-electron chi connectivity index (χ4n) is 2.48. The van der Waals surface area contributed by atoms with Crippen LogP contribution in [0.3, 0.4) is 0 Å². The van der Waals surface area contributed by atoms with Gasteiger partial charge >= 0.3 is 0 Å². The van der Waals surface area contributed by atoms with Gasteiger partial charge in [-0.25, -0.2) is 4.68 Å². The van der Waals surface area contributed by atoms with E-state index in [0.717, 1.165) is 18.8 Å². The molecule has 0 spiro atoms. The van der Waals surface area contributed by atoms with Crippen LogP contribution in [0.2, 0.25) is 0 Å². The lowest BCUT2D eigenvalue weighted by atomic mass is 10.2. The zero-order valence-corrected chi connectivity index (χ0v) is 11.4. The molecule has 1 aromatic heterocycles. The van der Waals surface area contributed by atoms with Crippen LogP contribution in [0.5, 0.6) is 0 Å². The molecule has 106 valence electrons. The third-order valence-electron chi connectivity index (χ3n) is 3.42. The van der Waals surface area contributed by atoms with Crippen molar-refractivity contribution in [3.63, 3.8) is 0 Å². The number of ether oxygens (including phenoxy) is 1. The van der Waals surface area contributed by atoms with Crippen LogP contribution in [0, 0.1) is 0 Å². The molecule has 0 radical (unpaired) electrons. The lowest BCUT2D eigenvalue weighted by Gasteiger charge is -2.21. The Balaban J connectivity index is 1.72. The summed E-state index contributed by atoms with van der Waals surface area (Å²) in [5.41, 5.74) is 2.27. The Morgan fingerprint density at radius 2 is 2.30 bits per heavy atom.